The van der Waals surface area contributed by atoms with Crippen LogP contribution < -0.4 is 4.74 Å². The quantitative estimate of drug-likeness (QED) is 0.835. The van der Waals surface area contributed by atoms with E-state index in [-0.39, 0.29) is 11.6 Å². The van der Waals surface area contributed by atoms with Gasteiger partial charge in [-0.05, 0) is 12.1 Å². The van der Waals surface area contributed by atoms with E-state index in [1.54, 1.807) is 18.2 Å². The molecule has 1 aromatic carbocycles. The number of rotatable bonds is 2. The third kappa shape index (κ3) is 2.64. The van der Waals surface area contributed by atoms with Gasteiger partial charge in [-0.1, -0.05) is 23.2 Å². The van der Waals surface area contributed by atoms with E-state index in [0.717, 1.165) is 0 Å². The Kier molecular flexibility index (Phi) is 3.43. The van der Waals surface area contributed by atoms with Crippen LogP contribution in [0.5, 0.6) is 11.6 Å². The van der Waals surface area contributed by atoms with Crippen LogP contribution in [0.25, 0.3) is 0 Å². The SMILES string of the molecule is N#Cc1nccnc1Oc1ccc(Cl)c(Cl)c1. The molecule has 0 spiro atoms. The van der Waals surface area contributed by atoms with Gasteiger partial charge in [0.15, 0.2) is 0 Å². The molecule has 17 heavy (non-hydrogen) atoms. The lowest BCUT2D eigenvalue weighted by Crippen LogP contribution is -1.93. The zero-order chi connectivity index (χ0) is 12.3. The van der Waals surface area contributed by atoms with Crippen LogP contribution in [0.15, 0.2) is 30.6 Å². The number of hydrogen-bond acceptors (Lipinski definition) is 4. The van der Waals surface area contributed by atoms with Crippen molar-refractivity contribution in [3.8, 4) is 17.7 Å². The van der Waals surface area contributed by atoms with Gasteiger partial charge in [0.05, 0.1) is 10.0 Å². The maximum absolute atomic E-state index is 8.82. The van der Waals surface area contributed by atoms with Crippen molar-refractivity contribution in [2.24, 2.45) is 0 Å². The Morgan fingerprint density at radius 2 is 1.88 bits per heavy atom. The van der Waals surface area contributed by atoms with Crippen molar-refractivity contribution in [1.29, 1.82) is 5.26 Å². The van der Waals surface area contributed by atoms with Crippen molar-refractivity contribution in [1.82, 2.24) is 9.97 Å². The van der Waals surface area contributed by atoms with Gasteiger partial charge in [0.1, 0.15) is 11.8 Å². The second-order valence-electron chi connectivity index (χ2n) is 3.00. The normalized spacial score (nSPS) is 9.71. The minimum atomic E-state index is 0.110. The Hall–Kier alpha value is -1.83. The molecule has 6 heteroatoms. The monoisotopic (exact) mass is 265 g/mol. The first kappa shape index (κ1) is 11.6. The molecule has 0 N–H and O–H groups in total. The summed E-state index contributed by atoms with van der Waals surface area (Å²) in [6.07, 6.45) is 2.86. The lowest BCUT2D eigenvalue weighted by Gasteiger charge is -2.05. The van der Waals surface area contributed by atoms with Gasteiger partial charge in [0, 0.05) is 18.5 Å². The molecule has 0 radical (unpaired) electrons. The summed E-state index contributed by atoms with van der Waals surface area (Å²) in [5.41, 5.74) is 0.110. The highest BCUT2D eigenvalue weighted by Gasteiger charge is 2.08. The fraction of sp³-hybridized carbons (Fsp3) is 0. The van der Waals surface area contributed by atoms with Crippen molar-refractivity contribution in [3.05, 3.63) is 46.3 Å². The average molecular weight is 266 g/mol. The molecule has 4 nitrogen and oxygen atoms in total. The summed E-state index contributed by atoms with van der Waals surface area (Å²) in [5, 5.41) is 9.61. The molecule has 84 valence electrons. The number of benzene rings is 1. The molecule has 0 saturated heterocycles. The summed E-state index contributed by atoms with van der Waals surface area (Å²) in [7, 11) is 0. The van der Waals surface area contributed by atoms with E-state index in [4.69, 9.17) is 33.2 Å². The summed E-state index contributed by atoms with van der Waals surface area (Å²) >= 11 is 11.6. The molecule has 0 amide bonds. The van der Waals surface area contributed by atoms with Crippen LogP contribution in [0.4, 0.5) is 0 Å². The smallest absolute Gasteiger partial charge is 0.256 e. The fourth-order valence-electron chi connectivity index (χ4n) is 1.13. The molecule has 0 saturated carbocycles. The first-order valence-corrected chi connectivity index (χ1v) is 5.30. The van der Waals surface area contributed by atoms with Crippen molar-refractivity contribution in [3.63, 3.8) is 0 Å². The van der Waals surface area contributed by atoms with Gasteiger partial charge in [-0.3, -0.25) is 0 Å². The van der Waals surface area contributed by atoms with Crippen molar-refractivity contribution >= 4 is 23.2 Å². The van der Waals surface area contributed by atoms with Crippen molar-refractivity contribution in [2.45, 2.75) is 0 Å². The maximum Gasteiger partial charge on any atom is 0.256 e. The number of nitrogens with zero attached hydrogens (tertiary/aromatic N) is 3. The van der Waals surface area contributed by atoms with E-state index in [2.05, 4.69) is 9.97 Å². The summed E-state index contributed by atoms with van der Waals surface area (Å²) < 4.78 is 5.40. The highest BCUT2D eigenvalue weighted by Crippen LogP contribution is 2.29. The summed E-state index contributed by atoms with van der Waals surface area (Å²) in [4.78, 5) is 7.74. The van der Waals surface area contributed by atoms with Gasteiger partial charge < -0.3 is 4.74 Å². The fourth-order valence-corrected chi connectivity index (χ4v) is 1.42. The largest absolute Gasteiger partial charge is 0.436 e. The second kappa shape index (κ2) is 5.00. The second-order valence-corrected chi connectivity index (χ2v) is 3.81. The molecule has 0 aliphatic carbocycles. The van der Waals surface area contributed by atoms with Gasteiger partial charge in [-0.25, -0.2) is 9.97 Å². The summed E-state index contributed by atoms with van der Waals surface area (Å²) in [6.45, 7) is 0. The number of halogens is 2. The number of hydrogen-bond donors (Lipinski definition) is 0. The van der Waals surface area contributed by atoms with E-state index in [0.29, 0.717) is 15.8 Å². The Labute approximate surface area is 107 Å². The molecule has 2 aromatic rings. The molecule has 0 aliphatic heterocycles. The summed E-state index contributed by atoms with van der Waals surface area (Å²) in [6, 6.07) is 6.65. The first-order chi connectivity index (χ1) is 8.20. The molecule has 0 aliphatic rings. The van der Waals surface area contributed by atoms with Crippen molar-refractivity contribution < 1.29 is 4.74 Å². The van der Waals surface area contributed by atoms with Gasteiger partial charge in [0.25, 0.3) is 5.88 Å². The Morgan fingerprint density at radius 3 is 2.59 bits per heavy atom. The van der Waals surface area contributed by atoms with Gasteiger partial charge in [-0.2, -0.15) is 5.26 Å². The average Bonchev–Trinajstić information content (AvgIpc) is 2.34. The first-order valence-electron chi connectivity index (χ1n) is 4.54. The van der Waals surface area contributed by atoms with E-state index in [1.165, 1.54) is 12.4 Å². The number of ether oxygens (including phenoxy) is 1. The van der Waals surface area contributed by atoms with Crippen LogP contribution in [-0.4, -0.2) is 9.97 Å². The lowest BCUT2D eigenvalue weighted by atomic mass is 10.3. The van der Waals surface area contributed by atoms with Gasteiger partial charge in [0.2, 0.25) is 5.69 Å². The third-order valence-electron chi connectivity index (χ3n) is 1.88. The van der Waals surface area contributed by atoms with Crippen LogP contribution >= 0.6 is 23.2 Å². The minimum Gasteiger partial charge on any atom is -0.436 e. The lowest BCUT2D eigenvalue weighted by molar-refractivity contribution is 0.458. The van der Waals surface area contributed by atoms with E-state index >= 15 is 0 Å². The minimum absolute atomic E-state index is 0.110. The van der Waals surface area contributed by atoms with Crippen molar-refractivity contribution in [2.75, 3.05) is 0 Å². The van der Waals surface area contributed by atoms with Crippen LogP contribution in [0.1, 0.15) is 5.69 Å². The Balaban J connectivity index is 2.32. The van der Waals surface area contributed by atoms with E-state index < -0.39 is 0 Å². The van der Waals surface area contributed by atoms with E-state index in [1.807, 2.05) is 6.07 Å². The molecular formula is C11H5Cl2N3O. The molecule has 1 heterocycles. The molecule has 0 bridgehead atoms. The van der Waals surface area contributed by atoms with Crippen LogP contribution in [0.3, 0.4) is 0 Å². The zero-order valence-corrected chi connectivity index (χ0v) is 9.90. The molecule has 2 rings (SSSR count). The topological polar surface area (TPSA) is 58.8 Å². The van der Waals surface area contributed by atoms with Gasteiger partial charge in [-0.15, -0.1) is 0 Å². The number of aromatic nitrogens is 2. The standard InChI is InChI=1S/C11H5Cl2N3O/c12-8-2-1-7(5-9(8)13)17-11-10(6-14)15-3-4-16-11/h1-5H. The van der Waals surface area contributed by atoms with Gasteiger partial charge >= 0.3 is 0 Å². The molecule has 1 aromatic heterocycles. The third-order valence-corrected chi connectivity index (χ3v) is 2.62. The summed E-state index contributed by atoms with van der Waals surface area (Å²) in [5.74, 6) is 0.574. The van der Waals surface area contributed by atoms with E-state index in [9.17, 15) is 0 Å². The van der Waals surface area contributed by atoms with Crippen LogP contribution in [0.2, 0.25) is 10.0 Å². The highest BCUT2D eigenvalue weighted by molar-refractivity contribution is 6.42. The molecular weight excluding hydrogens is 261 g/mol. The number of nitriles is 1. The predicted molar refractivity (Wildman–Crippen MR) is 63.3 cm³/mol. The van der Waals surface area contributed by atoms with Crippen LogP contribution in [0, 0.1) is 11.3 Å². The molecule has 0 atom stereocenters. The maximum atomic E-state index is 8.82. The zero-order valence-electron chi connectivity index (χ0n) is 8.39. The highest BCUT2D eigenvalue weighted by atomic mass is 35.5. The Morgan fingerprint density at radius 1 is 1.12 bits per heavy atom. The molecule has 0 fully saturated rings. The molecule has 0 unspecified atom stereocenters. The van der Waals surface area contributed by atoms with Crippen LogP contribution in [-0.2, 0) is 0 Å². The predicted octanol–water partition coefficient (Wildman–Crippen LogP) is 3.45. The Bertz CT molecular complexity index is 596.